The van der Waals surface area contributed by atoms with E-state index in [1.165, 1.54) is 31.2 Å². The summed E-state index contributed by atoms with van der Waals surface area (Å²) in [6.45, 7) is 2.32. The monoisotopic (exact) mass is 287 g/mol. The molecule has 0 spiro atoms. The van der Waals surface area contributed by atoms with E-state index in [1.54, 1.807) is 0 Å². The molecule has 1 aromatic carbocycles. The Bertz CT molecular complexity index is 369. The lowest BCUT2D eigenvalue weighted by Crippen LogP contribution is -2.40. The van der Waals surface area contributed by atoms with Gasteiger partial charge >= 0.3 is 0 Å². The summed E-state index contributed by atoms with van der Waals surface area (Å²) in [7, 11) is 4.33. The van der Waals surface area contributed by atoms with Gasteiger partial charge in [-0.3, -0.25) is 0 Å². The van der Waals surface area contributed by atoms with Gasteiger partial charge in [-0.05, 0) is 63.4 Å². The van der Waals surface area contributed by atoms with Crippen LogP contribution in [0.2, 0.25) is 5.02 Å². The Labute approximate surface area is 122 Å². The molecular weight excluding hydrogens is 265 g/mol. The molecule has 0 amide bonds. The summed E-state index contributed by atoms with van der Waals surface area (Å²) in [6, 6.07) is 9.11. The number of rotatable bonds is 4. The molecule has 0 bridgehead atoms. The third kappa shape index (κ3) is 3.20. The second-order valence-electron chi connectivity index (χ2n) is 5.66. The van der Waals surface area contributed by atoms with Crippen LogP contribution < -0.4 is 0 Å². The third-order valence-corrected chi connectivity index (χ3v) is 4.59. The van der Waals surface area contributed by atoms with E-state index in [1.807, 2.05) is 12.1 Å². The van der Waals surface area contributed by atoms with Crippen molar-refractivity contribution in [3.63, 3.8) is 0 Å². The maximum absolute atomic E-state index is 5.97. The lowest BCUT2D eigenvalue weighted by Gasteiger charge is -2.45. The van der Waals surface area contributed by atoms with E-state index in [9.17, 15) is 0 Å². The van der Waals surface area contributed by atoms with Crippen LogP contribution in [-0.4, -0.2) is 25.0 Å². The zero-order valence-electron chi connectivity index (χ0n) is 11.4. The second-order valence-corrected chi connectivity index (χ2v) is 6.09. The number of hydrogen-bond donors (Lipinski definition) is 0. The number of halogens is 2. The van der Waals surface area contributed by atoms with Crippen molar-refractivity contribution < 1.29 is 0 Å². The molecule has 2 rings (SSSR count). The van der Waals surface area contributed by atoms with Crippen molar-refractivity contribution >= 4 is 24.0 Å². The minimum Gasteiger partial charge on any atom is -0.307 e. The standard InChI is InChI=1S/C15H22ClN.ClH/c1-12(17(2)3)11-15(9-4-10-15)13-5-7-14(16)8-6-13;/h5-8,12H,4,9-11H2,1-3H3;1H. The molecule has 102 valence electrons. The molecule has 1 fully saturated rings. The molecule has 1 saturated carbocycles. The van der Waals surface area contributed by atoms with Crippen molar-refractivity contribution in [1.29, 1.82) is 0 Å². The highest BCUT2D eigenvalue weighted by Gasteiger charge is 2.39. The SMILES string of the molecule is CC(CC1(c2ccc(Cl)cc2)CCC1)N(C)C.Cl. The first-order chi connectivity index (χ1) is 8.03. The topological polar surface area (TPSA) is 3.24 Å². The molecule has 0 saturated heterocycles. The summed E-state index contributed by atoms with van der Waals surface area (Å²) in [5.41, 5.74) is 1.88. The highest BCUT2D eigenvalue weighted by Crippen LogP contribution is 2.47. The summed E-state index contributed by atoms with van der Waals surface area (Å²) >= 11 is 5.97. The van der Waals surface area contributed by atoms with E-state index in [2.05, 4.69) is 38.1 Å². The van der Waals surface area contributed by atoms with Gasteiger partial charge < -0.3 is 4.90 Å². The van der Waals surface area contributed by atoms with E-state index in [4.69, 9.17) is 11.6 Å². The van der Waals surface area contributed by atoms with Gasteiger partial charge in [0.25, 0.3) is 0 Å². The largest absolute Gasteiger partial charge is 0.307 e. The van der Waals surface area contributed by atoms with Crippen molar-refractivity contribution in [2.45, 2.75) is 44.1 Å². The van der Waals surface area contributed by atoms with Gasteiger partial charge in [-0.1, -0.05) is 30.2 Å². The van der Waals surface area contributed by atoms with Crippen LogP contribution in [-0.2, 0) is 5.41 Å². The van der Waals surface area contributed by atoms with Gasteiger partial charge in [0.2, 0.25) is 0 Å². The molecule has 3 heteroatoms. The molecular formula is C15H23Cl2N. The molecule has 1 aliphatic rings. The first-order valence-corrected chi connectivity index (χ1v) is 6.84. The molecule has 1 atom stereocenters. The molecule has 0 radical (unpaired) electrons. The van der Waals surface area contributed by atoms with Crippen LogP contribution in [0.5, 0.6) is 0 Å². The Hall–Kier alpha value is -0.240. The van der Waals surface area contributed by atoms with Crippen LogP contribution in [0.1, 0.15) is 38.2 Å². The van der Waals surface area contributed by atoms with Crippen LogP contribution in [0.25, 0.3) is 0 Å². The fourth-order valence-electron chi connectivity index (χ4n) is 2.77. The van der Waals surface area contributed by atoms with Crippen LogP contribution in [0.4, 0.5) is 0 Å². The lowest BCUT2D eigenvalue weighted by atomic mass is 9.61. The average molecular weight is 288 g/mol. The van der Waals surface area contributed by atoms with Crippen molar-refractivity contribution in [3.05, 3.63) is 34.9 Å². The smallest absolute Gasteiger partial charge is 0.0406 e. The quantitative estimate of drug-likeness (QED) is 0.787. The fourth-order valence-corrected chi connectivity index (χ4v) is 2.89. The predicted molar refractivity (Wildman–Crippen MR) is 82.0 cm³/mol. The Balaban J connectivity index is 0.00000162. The summed E-state index contributed by atoms with van der Waals surface area (Å²) < 4.78 is 0. The zero-order valence-corrected chi connectivity index (χ0v) is 13.0. The van der Waals surface area contributed by atoms with Gasteiger partial charge in [0.05, 0.1) is 0 Å². The summed E-state index contributed by atoms with van der Waals surface area (Å²) in [5, 5.41) is 0.837. The Morgan fingerprint density at radius 2 is 1.78 bits per heavy atom. The predicted octanol–water partition coefficient (Wildman–Crippen LogP) is 4.52. The summed E-state index contributed by atoms with van der Waals surface area (Å²) in [4.78, 5) is 2.32. The Morgan fingerprint density at radius 1 is 1.22 bits per heavy atom. The zero-order chi connectivity index (χ0) is 12.5. The number of benzene rings is 1. The average Bonchev–Trinajstić information content (AvgIpc) is 2.24. The van der Waals surface area contributed by atoms with E-state index >= 15 is 0 Å². The van der Waals surface area contributed by atoms with Gasteiger partial charge in [-0.15, -0.1) is 12.4 Å². The van der Waals surface area contributed by atoms with E-state index in [-0.39, 0.29) is 12.4 Å². The molecule has 0 aliphatic heterocycles. The van der Waals surface area contributed by atoms with E-state index in [0.29, 0.717) is 11.5 Å². The highest BCUT2D eigenvalue weighted by molar-refractivity contribution is 6.30. The minimum atomic E-state index is 0. The maximum Gasteiger partial charge on any atom is 0.0406 e. The summed E-state index contributed by atoms with van der Waals surface area (Å²) in [6.07, 6.45) is 5.27. The molecule has 0 N–H and O–H groups in total. The van der Waals surface area contributed by atoms with Gasteiger partial charge in [-0.2, -0.15) is 0 Å². The first-order valence-electron chi connectivity index (χ1n) is 6.46. The van der Waals surface area contributed by atoms with Crippen molar-refractivity contribution in [1.82, 2.24) is 4.90 Å². The van der Waals surface area contributed by atoms with E-state index in [0.717, 1.165) is 5.02 Å². The summed E-state index contributed by atoms with van der Waals surface area (Å²) in [5.74, 6) is 0. The van der Waals surface area contributed by atoms with Crippen LogP contribution >= 0.6 is 24.0 Å². The normalized spacial score (nSPS) is 18.9. The van der Waals surface area contributed by atoms with Gasteiger partial charge in [0, 0.05) is 11.1 Å². The molecule has 1 nitrogen and oxygen atoms in total. The molecule has 0 heterocycles. The van der Waals surface area contributed by atoms with Crippen molar-refractivity contribution in [2.75, 3.05) is 14.1 Å². The van der Waals surface area contributed by atoms with Crippen LogP contribution in [0.3, 0.4) is 0 Å². The molecule has 18 heavy (non-hydrogen) atoms. The third-order valence-electron chi connectivity index (χ3n) is 4.33. The van der Waals surface area contributed by atoms with Crippen LogP contribution in [0.15, 0.2) is 24.3 Å². The van der Waals surface area contributed by atoms with Gasteiger partial charge in [-0.25, -0.2) is 0 Å². The second kappa shape index (κ2) is 6.27. The molecule has 1 unspecified atom stereocenters. The minimum absolute atomic E-state index is 0. The fraction of sp³-hybridized carbons (Fsp3) is 0.600. The molecule has 0 aromatic heterocycles. The molecule has 1 aliphatic carbocycles. The maximum atomic E-state index is 5.97. The highest BCUT2D eigenvalue weighted by atomic mass is 35.5. The number of hydrogen-bond acceptors (Lipinski definition) is 1. The molecule has 1 aromatic rings. The lowest BCUT2D eigenvalue weighted by molar-refractivity contribution is 0.163. The Morgan fingerprint density at radius 3 is 2.17 bits per heavy atom. The van der Waals surface area contributed by atoms with Gasteiger partial charge in [0.15, 0.2) is 0 Å². The van der Waals surface area contributed by atoms with E-state index < -0.39 is 0 Å². The van der Waals surface area contributed by atoms with Crippen LogP contribution in [0, 0.1) is 0 Å². The van der Waals surface area contributed by atoms with Crippen molar-refractivity contribution in [2.24, 2.45) is 0 Å². The Kier molecular flexibility index (Phi) is 5.51. The number of nitrogens with zero attached hydrogens (tertiary/aromatic N) is 1. The first kappa shape index (κ1) is 15.8. The van der Waals surface area contributed by atoms with Crippen molar-refractivity contribution in [3.8, 4) is 0 Å². The van der Waals surface area contributed by atoms with Gasteiger partial charge in [0.1, 0.15) is 0 Å².